The number of piperazine rings is 1. The summed E-state index contributed by atoms with van der Waals surface area (Å²) in [6.45, 7) is 6.67. The van der Waals surface area contributed by atoms with Crippen LogP contribution < -0.4 is 0 Å². The first-order valence-electron chi connectivity index (χ1n) is 9.91. The molecule has 0 atom stereocenters. The average molecular weight is 365 g/mol. The lowest BCUT2D eigenvalue weighted by Gasteiger charge is -2.32. The number of hydrogen-bond donors (Lipinski definition) is 0. The lowest BCUT2D eigenvalue weighted by Crippen LogP contribution is -2.44. The molecule has 0 N–H and O–H groups in total. The molecule has 142 valence electrons. The molecule has 4 rings (SSSR count). The van der Waals surface area contributed by atoms with E-state index in [1.165, 1.54) is 67.7 Å². The molecule has 0 radical (unpaired) electrons. The maximum absolute atomic E-state index is 13.2. The molecule has 1 fully saturated rings. The molecule has 0 bridgehead atoms. The molecule has 0 amide bonds. The number of likely N-dealkylation sites (N-methyl/N-ethyl adjacent to an activating group) is 1. The smallest absolute Gasteiger partial charge is 0.123 e. The summed E-state index contributed by atoms with van der Waals surface area (Å²) in [7, 11) is 2.20. The minimum absolute atomic E-state index is 0.180. The predicted octanol–water partition coefficient (Wildman–Crippen LogP) is 4.01. The number of fused-ring (bicyclic) bond motifs is 1. The largest absolute Gasteiger partial charge is 0.343 e. The fourth-order valence-corrected chi connectivity index (χ4v) is 4.00. The van der Waals surface area contributed by atoms with Crippen molar-refractivity contribution < 1.29 is 4.39 Å². The zero-order valence-electron chi connectivity index (χ0n) is 16.1. The van der Waals surface area contributed by atoms with Crippen LogP contribution in [0, 0.1) is 5.82 Å². The molecule has 3 aromatic rings. The molecule has 1 aliphatic heterocycles. The summed E-state index contributed by atoms with van der Waals surface area (Å²) in [4.78, 5) is 4.98. The molecule has 2 aromatic carbocycles. The maximum atomic E-state index is 13.2. The summed E-state index contributed by atoms with van der Waals surface area (Å²) in [5, 5.41) is 1.35. The van der Waals surface area contributed by atoms with Gasteiger partial charge in [0.05, 0.1) is 0 Å². The zero-order chi connectivity index (χ0) is 18.6. The molecule has 1 saturated heterocycles. The highest BCUT2D eigenvalue weighted by molar-refractivity contribution is 5.84. The third-order valence-corrected chi connectivity index (χ3v) is 5.65. The fraction of sp³-hybridized carbons (Fsp3) is 0.391. The number of rotatable bonds is 6. The van der Waals surface area contributed by atoms with Gasteiger partial charge in [0.1, 0.15) is 5.82 Å². The van der Waals surface area contributed by atoms with Crippen LogP contribution in [0.4, 0.5) is 4.39 Å². The Bertz CT molecular complexity index is 876. The number of aromatic nitrogens is 1. The van der Waals surface area contributed by atoms with Crippen molar-refractivity contribution in [2.24, 2.45) is 0 Å². The summed E-state index contributed by atoms with van der Waals surface area (Å²) in [5.74, 6) is -0.180. The van der Waals surface area contributed by atoms with E-state index in [0.29, 0.717) is 0 Å². The van der Waals surface area contributed by atoms with Gasteiger partial charge in [0.2, 0.25) is 0 Å². The van der Waals surface area contributed by atoms with E-state index in [-0.39, 0.29) is 5.82 Å². The quantitative estimate of drug-likeness (QED) is 0.654. The molecule has 3 nitrogen and oxygen atoms in total. The van der Waals surface area contributed by atoms with Crippen LogP contribution in [0.2, 0.25) is 0 Å². The van der Waals surface area contributed by atoms with Crippen molar-refractivity contribution in [3.05, 3.63) is 71.7 Å². The molecule has 27 heavy (non-hydrogen) atoms. The van der Waals surface area contributed by atoms with Crippen LogP contribution in [0.15, 0.2) is 54.7 Å². The Morgan fingerprint density at radius 3 is 2.44 bits per heavy atom. The van der Waals surface area contributed by atoms with E-state index in [9.17, 15) is 4.39 Å². The zero-order valence-corrected chi connectivity index (χ0v) is 16.1. The van der Waals surface area contributed by atoms with E-state index in [2.05, 4.69) is 51.9 Å². The molecule has 0 saturated carbocycles. The number of aryl methyl sites for hydroxylation is 1. The van der Waals surface area contributed by atoms with Crippen LogP contribution in [0.1, 0.15) is 17.5 Å². The van der Waals surface area contributed by atoms with Crippen LogP contribution >= 0.6 is 0 Å². The second kappa shape index (κ2) is 8.24. The topological polar surface area (TPSA) is 11.4 Å². The van der Waals surface area contributed by atoms with Crippen molar-refractivity contribution in [2.75, 3.05) is 39.8 Å². The molecule has 4 heteroatoms. The lowest BCUT2D eigenvalue weighted by molar-refractivity contribution is 0.153. The third-order valence-electron chi connectivity index (χ3n) is 5.65. The second-order valence-corrected chi connectivity index (χ2v) is 7.67. The van der Waals surface area contributed by atoms with Gasteiger partial charge >= 0.3 is 0 Å². The Balaban J connectivity index is 1.45. The Morgan fingerprint density at radius 1 is 0.926 bits per heavy atom. The summed E-state index contributed by atoms with van der Waals surface area (Å²) >= 11 is 0. The Kier molecular flexibility index (Phi) is 5.55. The third kappa shape index (κ3) is 4.40. The van der Waals surface area contributed by atoms with Crippen LogP contribution in [-0.2, 0) is 13.0 Å². The number of nitrogens with zero attached hydrogens (tertiary/aromatic N) is 3. The molecule has 0 spiro atoms. The summed E-state index contributed by atoms with van der Waals surface area (Å²) in [5.41, 5.74) is 3.81. The first kappa shape index (κ1) is 18.2. The highest BCUT2D eigenvalue weighted by atomic mass is 19.1. The van der Waals surface area contributed by atoms with Crippen LogP contribution in [0.3, 0.4) is 0 Å². The van der Waals surface area contributed by atoms with E-state index < -0.39 is 0 Å². The average Bonchev–Trinajstić information content (AvgIpc) is 3.03. The van der Waals surface area contributed by atoms with Crippen LogP contribution in [0.25, 0.3) is 10.9 Å². The van der Waals surface area contributed by atoms with Gasteiger partial charge in [-0.15, -0.1) is 0 Å². The fourth-order valence-electron chi connectivity index (χ4n) is 4.00. The second-order valence-electron chi connectivity index (χ2n) is 7.67. The summed E-state index contributed by atoms with van der Waals surface area (Å²) in [6, 6.07) is 15.4. The lowest BCUT2D eigenvalue weighted by atomic mass is 10.1. The SMILES string of the molecule is CN1CCN(CCCc2cn(Cc3ccc(F)cc3)c3ccccc23)CC1. The van der Waals surface area contributed by atoms with Gasteiger partial charge in [-0.05, 0) is 55.8 Å². The van der Waals surface area contributed by atoms with E-state index >= 15 is 0 Å². The predicted molar refractivity (Wildman–Crippen MR) is 110 cm³/mol. The van der Waals surface area contributed by atoms with Gasteiger partial charge in [-0.1, -0.05) is 30.3 Å². The van der Waals surface area contributed by atoms with Gasteiger partial charge in [0.25, 0.3) is 0 Å². The molecule has 1 aromatic heterocycles. The number of para-hydroxylation sites is 1. The van der Waals surface area contributed by atoms with Crippen LogP contribution in [-0.4, -0.2) is 54.1 Å². The highest BCUT2D eigenvalue weighted by Gasteiger charge is 2.14. The van der Waals surface area contributed by atoms with Crippen LogP contribution in [0.5, 0.6) is 0 Å². The van der Waals surface area contributed by atoms with Crippen molar-refractivity contribution in [1.82, 2.24) is 14.4 Å². The van der Waals surface area contributed by atoms with Gasteiger partial charge in [0, 0.05) is 49.8 Å². The minimum Gasteiger partial charge on any atom is -0.343 e. The van der Waals surface area contributed by atoms with Gasteiger partial charge < -0.3 is 14.4 Å². The summed E-state index contributed by atoms with van der Waals surface area (Å²) in [6.07, 6.45) is 4.58. The van der Waals surface area contributed by atoms with E-state index in [0.717, 1.165) is 18.5 Å². The molecule has 0 unspecified atom stereocenters. The van der Waals surface area contributed by atoms with Crippen molar-refractivity contribution in [3.63, 3.8) is 0 Å². The Morgan fingerprint density at radius 2 is 1.67 bits per heavy atom. The standard InChI is InChI=1S/C23H28FN3/c1-25-13-15-26(16-14-25)12-4-5-20-18-27(23-7-3-2-6-22(20)23)17-19-8-10-21(24)11-9-19/h2-3,6-11,18H,4-5,12-17H2,1H3. The Labute approximate surface area is 161 Å². The molecule has 0 aliphatic carbocycles. The number of halogens is 1. The normalized spacial score (nSPS) is 16.2. The Hall–Kier alpha value is -2.17. The first-order chi connectivity index (χ1) is 13.2. The number of hydrogen-bond acceptors (Lipinski definition) is 2. The monoisotopic (exact) mass is 365 g/mol. The highest BCUT2D eigenvalue weighted by Crippen LogP contribution is 2.24. The van der Waals surface area contributed by atoms with Gasteiger partial charge in [0.15, 0.2) is 0 Å². The van der Waals surface area contributed by atoms with Crippen molar-refractivity contribution in [1.29, 1.82) is 0 Å². The van der Waals surface area contributed by atoms with Gasteiger partial charge in [-0.3, -0.25) is 0 Å². The van der Waals surface area contributed by atoms with Crippen molar-refractivity contribution in [2.45, 2.75) is 19.4 Å². The van der Waals surface area contributed by atoms with E-state index in [1.54, 1.807) is 0 Å². The van der Waals surface area contributed by atoms with E-state index in [1.807, 2.05) is 12.1 Å². The van der Waals surface area contributed by atoms with Crippen molar-refractivity contribution >= 4 is 10.9 Å². The minimum atomic E-state index is -0.180. The van der Waals surface area contributed by atoms with E-state index in [4.69, 9.17) is 0 Å². The maximum Gasteiger partial charge on any atom is 0.123 e. The molecular formula is C23H28FN3. The molecular weight excluding hydrogens is 337 g/mol. The van der Waals surface area contributed by atoms with Crippen molar-refractivity contribution in [3.8, 4) is 0 Å². The molecule has 1 aliphatic rings. The summed E-state index contributed by atoms with van der Waals surface area (Å²) < 4.78 is 15.5. The van der Waals surface area contributed by atoms with Gasteiger partial charge in [-0.25, -0.2) is 4.39 Å². The molecule has 2 heterocycles. The first-order valence-corrected chi connectivity index (χ1v) is 9.91. The number of benzene rings is 2. The van der Waals surface area contributed by atoms with Gasteiger partial charge in [-0.2, -0.15) is 0 Å².